The average molecular weight is 305 g/mol. The van der Waals surface area contributed by atoms with Crippen molar-refractivity contribution in [3.8, 4) is 21.6 Å². The topological polar surface area (TPSA) is 30.0 Å². The van der Waals surface area contributed by atoms with Gasteiger partial charge in [0.15, 0.2) is 6.29 Å². The van der Waals surface area contributed by atoms with E-state index in [2.05, 4.69) is 35.3 Å². The zero-order chi connectivity index (χ0) is 14.9. The van der Waals surface area contributed by atoms with E-state index in [1.165, 1.54) is 27.1 Å². The molecule has 0 atom stereocenters. The second-order valence-electron chi connectivity index (χ2n) is 5.59. The van der Waals surface area contributed by atoms with Crippen LogP contribution in [-0.4, -0.2) is 11.3 Å². The molecule has 3 heteroatoms. The fourth-order valence-electron chi connectivity index (χ4n) is 3.11. The smallest absolute Gasteiger partial charge is 0.160 e. The molecule has 0 fully saturated rings. The first-order chi connectivity index (χ1) is 10.8. The van der Waals surface area contributed by atoms with Crippen molar-refractivity contribution in [3.05, 3.63) is 64.8 Å². The number of hydrogen-bond acceptors (Lipinski definition) is 3. The van der Waals surface area contributed by atoms with E-state index in [1.807, 2.05) is 12.3 Å². The Hall–Kier alpha value is -2.26. The maximum Gasteiger partial charge on any atom is 0.160 e. The third kappa shape index (κ3) is 2.28. The standard InChI is InChI=1S/C19H15NOS/c21-12-17-9-15-4-1-3-13-6-7-14(10-18(13)19(15)22-17)16-5-2-8-20-11-16/h2,5-12H,1,3-4H2. The van der Waals surface area contributed by atoms with E-state index < -0.39 is 0 Å². The molecule has 1 aromatic carbocycles. The maximum absolute atomic E-state index is 11.1. The molecule has 0 spiro atoms. The lowest BCUT2D eigenvalue weighted by Crippen LogP contribution is -1.88. The monoisotopic (exact) mass is 305 g/mol. The van der Waals surface area contributed by atoms with E-state index >= 15 is 0 Å². The first-order valence-electron chi connectivity index (χ1n) is 7.47. The number of pyridine rings is 1. The Kier molecular flexibility index (Phi) is 3.35. The van der Waals surface area contributed by atoms with Crippen molar-refractivity contribution in [2.24, 2.45) is 0 Å². The number of carbonyl (C=O) groups excluding carboxylic acids is 1. The van der Waals surface area contributed by atoms with Gasteiger partial charge in [-0.3, -0.25) is 9.78 Å². The number of aromatic nitrogens is 1. The molecule has 4 rings (SSSR count). The highest BCUT2D eigenvalue weighted by Crippen LogP contribution is 2.40. The molecule has 2 aromatic heterocycles. The van der Waals surface area contributed by atoms with Crippen molar-refractivity contribution >= 4 is 17.6 Å². The number of hydrogen-bond donors (Lipinski definition) is 0. The van der Waals surface area contributed by atoms with Crippen molar-refractivity contribution in [1.82, 2.24) is 4.98 Å². The molecule has 3 aromatic rings. The summed E-state index contributed by atoms with van der Waals surface area (Å²) in [5, 5.41) is 0. The number of nitrogens with zero attached hydrogens (tertiary/aromatic N) is 1. The van der Waals surface area contributed by atoms with Crippen LogP contribution in [0.4, 0.5) is 0 Å². The predicted molar refractivity (Wildman–Crippen MR) is 90.4 cm³/mol. The van der Waals surface area contributed by atoms with Gasteiger partial charge in [-0.1, -0.05) is 18.2 Å². The second kappa shape index (κ2) is 5.50. The number of aryl methyl sites for hydroxylation is 2. The van der Waals surface area contributed by atoms with Gasteiger partial charge in [-0.25, -0.2) is 0 Å². The van der Waals surface area contributed by atoms with Crippen molar-refractivity contribution < 1.29 is 4.79 Å². The Morgan fingerprint density at radius 3 is 2.77 bits per heavy atom. The van der Waals surface area contributed by atoms with Gasteiger partial charge in [-0.2, -0.15) is 0 Å². The fourth-order valence-corrected chi connectivity index (χ4v) is 4.19. The Balaban J connectivity index is 1.90. The zero-order valence-electron chi connectivity index (χ0n) is 12.1. The van der Waals surface area contributed by atoms with E-state index in [9.17, 15) is 4.79 Å². The molecule has 22 heavy (non-hydrogen) atoms. The largest absolute Gasteiger partial charge is 0.297 e. The summed E-state index contributed by atoms with van der Waals surface area (Å²) < 4.78 is 0. The van der Waals surface area contributed by atoms with Crippen LogP contribution in [0.1, 0.15) is 27.2 Å². The first kappa shape index (κ1) is 13.4. The minimum atomic E-state index is 0.824. The lowest BCUT2D eigenvalue weighted by molar-refractivity contribution is 0.112. The molecular weight excluding hydrogens is 290 g/mol. The van der Waals surface area contributed by atoms with E-state index in [1.54, 1.807) is 17.5 Å². The molecule has 0 saturated heterocycles. The van der Waals surface area contributed by atoms with Gasteiger partial charge in [-0.15, -0.1) is 11.3 Å². The van der Waals surface area contributed by atoms with Crippen LogP contribution in [0.5, 0.6) is 0 Å². The van der Waals surface area contributed by atoms with Crippen LogP contribution in [0, 0.1) is 0 Å². The van der Waals surface area contributed by atoms with Crippen LogP contribution in [0.2, 0.25) is 0 Å². The maximum atomic E-state index is 11.1. The van der Waals surface area contributed by atoms with E-state index in [0.29, 0.717) is 0 Å². The van der Waals surface area contributed by atoms with Crippen molar-refractivity contribution in [2.45, 2.75) is 19.3 Å². The molecule has 2 nitrogen and oxygen atoms in total. The molecule has 108 valence electrons. The summed E-state index contributed by atoms with van der Waals surface area (Å²) in [7, 11) is 0. The number of thiophene rings is 1. The molecule has 1 aliphatic rings. The van der Waals surface area contributed by atoms with Gasteiger partial charge in [0.1, 0.15) is 0 Å². The number of carbonyl (C=O) groups is 1. The van der Waals surface area contributed by atoms with Gasteiger partial charge >= 0.3 is 0 Å². The van der Waals surface area contributed by atoms with Crippen LogP contribution >= 0.6 is 11.3 Å². The highest BCUT2D eigenvalue weighted by molar-refractivity contribution is 7.17. The molecular formula is C19H15NOS. The van der Waals surface area contributed by atoms with Crippen LogP contribution in [0.25, 0.3) is 21.6 Å². The normalized spacial score (nSPS) is 13.1. The Bertz CT molecular complexity index is 836. The molecule has 0 aliphatic heterocycles. The fraction of sp³-hybridized carbons (Fsp3) is 0.158. The molecule has 0 unspecified atom stereocenters. The first-order valence-corrected chi connectivity index (χ1v) is 8.28. The average Bonchev–Trinajstić information content (AvgIpc) is 2.92. The number of benzene rings is 1. The zero-order valence-corrected chi connectivity index (χ0v) is 12.9. The summed E-state index contributed by atoms with van der Waals surface area (Å²) in [6, 6.07) is 12.8. The Labute approximate surface area is 133 Å². The van der Waals surface area contributed by atoms with Gasteiger partial charge in [0, 0.05) is 22.8 Å². The molecule has 0 N–H and O–H groups in total. The SMILES string of the molecule is O=Cc1cc2c(s1)-c1cc(-c3cccnc3)ccc1CCC2. The summed E-state index contributed by atoms with van der Waals surface area (Å²) in [6.07, 6.45) is 7.94. The summed E-state index contributed by atoms with van der Waals surface area (Å²) >= 11 is 1.61. The molecule has 0 amide bonds. The molecule has 1 aliphatic carbocycles. The molecule has 2 heterocycles. The van der Waals surface area contributed by atoms with E-state index in [-0.39, 0.29) is 0 Å². The summed E-state index contributed by atoms with van der Waals surface area (Å²) in [6.45, 7) is 0. The highest BCUT2D eigenvalue weighted by Gasteiger charge is 2.18. The third-order valence-electron chi connectivity index (χ3n) is 4.19. The summed E-state index contributed by atoms with van der Waals surface area (Å²) in [5.41, 5.74) is 6.29. The summed E-state index contributed by atoms with van der Waals surface area (Å²) in [4.78, 5) is 17.4. The van der Waals surface area contributed by atoms with Crippen LogP contribution in [0.3, 0.4) is 0 Å². The lowest BCUT2D eigenvalue weighted by atomic mass is 9.98. The summed E-state index contributed by atoms with van der Waals surface area (Å²) in [5.74, 6) is 0. The lowest BCUT2D eigenvalue weighted by Gasteiger charge is -2.09. The molecule has 0 saturated carbocycles. The number of fused-ring (bicyclic) bond motifs is 3. The van der Waals surface area contributed by atoms with Crippen LogP contribution in [-0.2, 0) is 12.8 Å². The van der Waals surface area contributed by atoms with Gasteiger partial charge in [-0.05, 0) is 59.7 Å². The van der Waals surface area contributed by atoms with Gasteiger partial charge in [0.05, 0.1) is 4.88 Å². The molecule has 0 bridgehead atoms. The Morgan fingerprint density at radius 2 is 1.95 bits per heavy atom. The van der Waals surface area contributed by atoms with Gasteiger partial charge in [0.25, 0.3) is 0 Å². The Morgan fingerprint density at radius 1 is 1.05 bits per heavy atom. The van der Waals surface area contributed by atoms with Crippen molar-refractivity contribution in [1.29, 1.82) is 0 Å². The number of aldehydes is 1. The van der Waals surface area contributed by atoms with Gasteiger partial charge in [0.2, 0.25) is 0 Å². The quantitative estimate of drug-likeness (QED) is 0.638. The second-order valence-corrected chi connectivity index (χ2v) is 6.67. The van der Waals surface area contributed by atoms with Crippen LogP contribution < -0.4 is 0 Å². The highest BCUT2D eigenvalue weighted by atomic mass is 32.1. The van der Waals surface area contributed by atoms with Crippen molar-refractivity contribution in [2.75, 3.05) is 0 Å². The van der Waals surface area contributed by atoms with Crippen molar-refractivity contribution in [3.63, 3.8) is 0 Å². The van der Waals surface area contributed by atoms with E-state index in [4.69, 9.17) is 0 Å². The minimum Gasteiger partial charge on any atom is -0.297 e. The molecule has 0 radical (unpaired) electrons. The van der Waals surface area contributed by atoms with Crippen LogP contribution in [0.15, 0.2) is 48.8 Å². The predicted octanol–water partition coefficient (Wildman–Crippen LogP) is 4.78. The minimum absolute atomic E-state index is 0.824. The van der Waals surface area contributed by atoms with E-state index in [0.717, 1.165) is 36.0 Å². The third-order valence-corrected chi connectivity index (χ3v) is 5.32. The van der Waals surface area contributed by atoms with Gasteiger partial charge < -0.3 is 0 Å². The number of rotatable bonds is 2.